The van der Waals surface area contributed by atoms with E-state index in [4.69, 9.17) is 9.47 Å². The van der Waals surface area contributed by atoms with Crippen molar-refractivity contribution in [1.29, 1.82) is 0 Å². The average molecular weight is 198 g/mol. The molecule has 0 aromatic heterocycles. The first-order chi connectivity index (χ1) is 6.70. The second-order valence-corrected chi connectivity index (χ2v) is 3.79. The van der Waals surface area contributed by atoms with Crippen LogP contribution in [0.5, 0.6) is 0 Å². The lowest BCUT2D eigenvalue weighted by molar-refractivity contribution is 0.171. The minimum absolute atomic E-state index is 0.583. The third kappa shape index (κ3) is 7.71. The fourth-order valence-electron chi connectivity index (χ4n) is 1.20. The lowest BCUT2D eigenvalue weighted by atomic mass is 9.99. The van der Waals surface area contributed by atoms with Gasteiger partial charge in [-0.25, -0.2) is 0 Å². The minimum atomic E-state index is 0.583. The van der Waals surface area contributed by atoms with E-state index in [1.807, 2.05) is 0 Å². The maximum atomic E-state index is 5.13. The maximum Gasteiger partial charge on any atom is 0.0898 e. The molecule has 14 heavy (non-hydrogen) atoms. The van der Waals surface area contributed by atoms with Crippen molar-refractivity contribution >= 4 is 0 Å². The smallest absolute Gasteiger partial charge is 0.0898 e. The van der Waals surface area contributed by atoms with Crippen LogP contribution < -0.4 is 0 Å². The van der Waals surface area contributed by atoms with E-state index in [1.165, 1.54) is 12.5 Å². The summed E-state index contributed by atoms with van der Waals surface area (Å²) in [5.41, 5.74) is 0. The molecule has 0 spiro atoms. The Morgan fingerprint density at radius 1 is 0.929 bits per heavy atom. The van der Waals surface area contributed by atoms with Crippen molar-refractivity contribution in [3.05, 3.63) is 25.7 Å². The number of ether oxygens (including phenoxy) is 2. The van der Waals surface area contributed by atoms with Gasteiger partial charge in [-0.3, -0.25) is 0 Å². The Balaban J connectivity index is 3.39. The lowest BCUT2D eigenvalue weighted by Crippen LogP contribution is -2.08. The van der Waals surface area contributed by atoms with Crippen molar-refractivity contribution in [1.82, 2.24) is 0 Å². The summed E-state index contributed by atoms with van der Waals surface area (Å²) in [5.74, 6) is 1.17. The fourth-order valence-corrected chi connectivity index (χ4v) is 1.20. The van der Waals surface area contributed by atoms with Gasteiger partial charge < -0.3 is 9.47 Å². The highest BCUT2D eigenvalue weighted by molar-refractivity contribution is 4.60. The molecule has 0 radical (unpaired) electrons. The van der Waals surface area contributed by atoms with Crippen molar-refractivity contribution < 1.29 is 9.47 Å². The Hall–Kier alpha value is -0.920. The Kier molecular flexibility index (Phi) is 8.10. The van der Waals surface area contributed by atoms with Gasteiger partial charge in [0.05, 0.1) is 25.7 Å². The molecule has 0 aromatic rings. The maximum absolute atomic E-state index is 5.13. The molecule has 0 aromatic carbocycles. The van der Waals surface area contributed by atoms with Crippen molar-refractivity contribution in [3.63, 3.8) is 0 Å². The van der Waals surface area contributed by atoms with Crippen LogP contribution in [0.2, 0.25) is 0 Å². The molecule has 82 valence electrons. The van der Waals surface area contributed by atoms with Crippen molar-refractivity contribution in [3.8, 4) is 0 Å². The molecular formula is C12H22O2. The molecular weight excluding hydrogens is 176 g/mol. The standard InChI is InChI=1S/C12H22O2/c1-5-13-9-11(3)7-8-12(4)10-14-6-2/h5-6,11-12H,1-2,7-10H2,3-4H3. The monoisotopic (exact) mass is 198 g/mol. The van der Waals surface area contributed by atoms with Crippen LogP contribution in [0.4, 0.5) is 0 Å². The van der Waals surface area contributed by atoms with Crippen LogP contribution in [0.3, 0.4) is 0 Å². The summed E-state index contributed by atoms with van der Waals surface area (Å²) in [6.07, 6.45) is 5.33. The molecule has 0 amide bonds. The van der Waals surface area contributed by atoms with E-state index in [9.17, 15) is 0 Å². The molecule has 0 bridgehead atoms. The largest absolute Gasteiger partial charge is 0.502 e. The predicted octanol–water partition coefficient (Wildman–Crippen LogP) is 3.36. The first-order valence-electron chi connectivity index (χ1n) is 5.15. The van der Waals surface area contributed by atoms with E-state index in [1.54, 1.807) is 0 Å². The molecule has 0 saturated heterocycles. The molecule has 0 N–H and O–H groups in total. The topological polar surface area (TPSA) is 18.5 Å². The van der Waals surface area contributed by atoms with Crippen LogP contribution in [-0.4, -0.2) is 13.2 Å². The van der Waals surface area contributed by atoms with E-state index in [0.717, 1.165) is 26.1 Å². The van der Waals surface area contributed by atoms with Gasteiger partial charge in [0, 0.05) is 0 Å². The molecule has 0 aliphatic rings. The Bertz CT molecular complexity index is 136. The first kappa shape index (κ1) is 13.1. The summed E-state index contributed by atoms with van der Waals surface area (Å²) in [6, 6.07) is 0. The zero-order chi connectivity index (χ0) is 10.8. The Morgan fingerprint density at radius 2 is 1.29 bits per heavy atom. The van der Waals surface area contributed by atoms with Crippen molar-refractivity contribution in [2.45, 2.75) is 26.7 Å². The lowest BCUT2D eigenvalue weighted by Gasteiger charge is -2.14. The van der Waals surface area contributed by atoms with Gasteiger partial charge in [0.2, 0.25) is 0 Å². The first-order valence-corrected chi connectivity index (χ1v) is 5.15. The average Bonchev–Trinajstić information content (AvgIpc) is 2.20. The summed E-state index contributed by atoms with van der Waals surface area (Å²) in [6.45, 7) is 12.9. The molecule has 2 nitrogen and oxygen atoms in total. The quantitative estimate of drug-likeness (QED) is 0.529. The van der Waals surface area contributed by atoms with Gasteiger partial charge in [-0.1, -0.05) is 27.0 Å². The molecule has 2 atom stereocenters. The van der Waals surface area contributed by atoms with Gasteiger partial charge in [0.25, 0.3) is 0 Å². The van der Waals surface area contributed by atoms with Gasteiger partial charge in [0.15, 0.2) is 0 Å². The van der Waals surface area contributed by atoms with Crippen molar-refractivity contribution in [2.24, 2.45) is 11.8 Å². The van der Waals surface area contributed by atoms with Crippen molar-refractivity contribution in [2.75, 3.05) is 13.2 Å². The molecule has 0 aliphatic carbocycles. The van der Waals surface area contributed by atoms with Gasteiger partial charge in [0.1, 0.15) is 0 Å². The van der Waals surface area contributed by atoms with Crippen LogP contribution in [0, 0.1) is 11.8 Å². The van der Waals surface area contributed by atoms with E-state index in [-0.39, 0.29) is 0 Å². The van der Waals surface area contributed by atoms with Gasteiger partial charge in [-0.15, -0.1) is 0 Å². The molecule has 2 unspecified atom stereocenters. The Labute approximate surface area is 87.6 Å². The van der Waals surface area contributed by atoms with Gasteiger partial charge >= 0.3 is 0 Å². The molecule has 0 rings (SSSR count). The van der Waals surface area contributed by atoms with Crippen LogP contribution >= 0.6 is 0 Å². The van der Waals surface area contributed by atoms with E-state index < -0.39 is 0 Å². The molecule has 2 heteroatoms. The zero-order valence-electron chi connectivity index (χ0n) is 9.37. The third-order valence-electron chi connectivity index (χ3n) is 2.15. The zero-order valence-corrected chi connectivity index (χ0v) is 9.37. The number of hydrogen-bond donors (Lipinski definition) is 0. The van der Waals surface area contributed by atoms with E-state index >= 15 is 0 Å². The molecule has 0 heterocycles. The highest BCUT2D eigenvalue weighted by Crippen LogP contribution is 2.13. The highest BCUT2D eigenvalue weighted by Gasteiger charge is 2.06. The summed E-state index contributed by atoms with van der Waals surface area (Å²) in [5, 5.41) is 0. The number of rotatable bonds is 9. The summed E-state index contributed by atoms with van der Waals surface area (Å²) >= 11 is 0. The third-order valence-corrected chi connectivity index (χ3v) is 2.15. The van der Waals surface area contributed by atoms with Crippen LogP contribution in [-0.2, 0) is 9.47 Å². The van der Waals surface area contributed by atoms with Crippen LogP contribution in [0.15, 0.2) is 25.7 Å². The molecule has 0 aliphatic heterocycles. The molecule has 0 fully saturated rings. The Morgan fingerprint density at radius 3 is 1.57 bits per heavy atom. The van der Waals surface area contributed by atoms with E-state index in [2.05, 4.69) is 27.0 Å². The predicted molar refractivity (Wildman–Crippen MR) is 59.9 cm³/mol. The van der Waals surface area contributed by atoms with E-state index in [0.29, 0.717) is 11.8 Å². The normalized spacial score (nSPS) is 14.1. The number of hydrogen-bond acceptors (Lipinski definition) is 2. The van der Waals surface area contributed by atoms with Crippen LogP contribution in [0.25, 0.3) is 0 Å². The summed E-state index contributed by atoms with van der Waals surface area (Å²) < 4.78 is 10.3. The second-order valence-electron chi connectivity index (χ2n) is 3.79. The summed E-state index contributed by atoms with van der Waals surface area (Å²) in [4.78, 5) is 0. The molecule has 0 saturated carbocycles. The highest BCUT2D eigenvalue weighted by atomic mass is 16.5. The van der Waals surface area contributed by atoms with Gasteiger partial charge in [-0.2, -0.15) is 0 Å². The summed E-state index contributed by atoms with van der Waals surface area (Å²) in [7, 11) is 0. The second kappa shape index (κ2) is 8.67. The SMILES string of the molecule is C=COCC(C)CCC(C)COC=C. The fraction of sp³-hybridized carbons (Fsp3) is 0.667. The minimum Gasteiger partial charge on any atom is -0.502 e. The van der Waals surface area contributed by atoms with Gasteiger partial charge in [-0.05, 0) is 24.7 Å². The van der Waals surface area contributed by atoms with Crippen LogP contribution in [0.1, 0.15) is 26.7 Å².